The van der Waals surface area contributed by atoms with Crippen molar-refractivity contribution in [2.24, 2.45) is 0 Å². The molecule has 0 aliphatic carbocycles. The Morgan fingerprint density at radius 2 is 2.23 bits per heavy atom. The van der Waals surface area contributed by atoms with Crippen molar-refractivity contribution in [2.75, 3.05) is 0 Å². The average Bonchev–Trinajstić information content (AvgIpc) is 2.40. The fourth-order valence-electron chi connectivity index (χ4n) is 1.21. The first-order chi connectivity index (χ1) is 6.22. The van der Waals surface area contributed by atoms with Gasteiger partial charge in [-0.05, 0) is 18.2 Å². The summed E-state index contributed by atoms with van der Waals surface area (Å²) in [4.78, 5) is 10.7. The van der Waals surface area contributed by atoms with Crippen molar-refractivity contribution < 1.29 is 9.90 Å². The lowest BCUT2D eigenvalue weighted by molar-refractivity contribution is 0.112. The summed E-state index contributed by atoms with van der Waals surface area (Å²) in [5.74, 6) is 0.168. The van der Waals surface area contributed by atoms with Gasteiger partial charge in [-0.2, -0.15) is 0 Å². The van der Waals surface area contributed by atoms with Crippen molar-refractivity contribution in [3.05, 3.63) is 23.8 Å². The number of rotatable bonds is 1. The molecule has 0 saturated carbocycles. The molecule has 0 radical (unpaired) electrons. The molecule has 0 amide bonds. The molecule has 0 spiro atoms. The largest absolute Gasteiger partial charge is 0.508 e. The smallest absolute Gasteiger partial charge is 0.152 e. The van der Waals surface area contributed by atoms with Crippen molar-refractivity contribution in [2.45, 2.75) is 4.21 Å². The number of hydrogen-bond acceptors (Lipinski definition) is 4. The Morgan fingerprint density at radius 3 is 2.92 bits per heavy atom. The second kappa shape index (κ2) is 3.05. The summed E-state index contributed by atoms with van der Waals surface area (Å²) in [7, 11) is 0. The number of thiol groups is 1. The lowest BCUT2D eigenvalue weighted by Gasteiger charge is -1.92. The lowest BCUT2D eigenvalue weighted by Crippen LogP contribution is -1.76. The maximum Gasteiger partial charge on any atom is 0.152 e. The zero-order valence-corrected chi connectivity index (χ0v) is 8.23. The van der Waals surface area contributed by atoms with E-state index in [0.29, 0.717) is 9.77 Å². The molecule has 2 rings (SSSR count). The third-order valence-electron chi connectivity index (χ3n) is 1.81. The second-order valence-corrected chi connectivity index (χ2v) is 4.42. The van der Waals surface area contributed by atoms with Crippen molar-refractivity contribution in [1.82, 2.24) is 0 Å². The molecule has 4 heteroatoms. The van der Waals surface area contributed by atoms with Gasteiger partial charge in [0.2, 0.25) is 0 Å². The number of fused-ring (bicyclic) bond motifs is 1. The van der Waals surface area contributed by atoms with Gasteiger partial charge in [0, 0.05) is 15.6 Å². The Bertz CT molecular complexity index is 474. The SMILES string of the molecule is O=Cc1c(S)sc2ccc(O)cc12. The van der Waals surface area contributed by atoms with E-state index in [4.69, 9.17) is 0 Å². The Labute approximate surface area is 84.2 Å². The van der Waals surface area contributed by atoms with Crippen molar-refractivity contribution in [3.8, 4) is 5.75 Å². The van der Waals surface area contributed by atoms with Crippen LogP contribution in [0.25, 0.3) is 10.1 Å². The molecule has 2 nitrogen and oxygen atoms in total. The van der Waals surface area contributed by atoms with E-state index in [1.54, 1.807) is 18.2 Å². The molecule has 1 aromatic heterocycles. The summed E-state index contributed by atoms with van der Waals surface area (Å²) >= 11 is 5.61. The molecule has 1 heterocycles. The van der Waals surface area contributed by atoms with Gasteiger partial charge in [0.25, 0.3) is 0 Å². The number of carbonyl (C=O) groups is 1. The normalized spacial score (nSPS) is 10.5. The third kappa shape index (κ3) is 1.32. The molecular formula is C9H6O2S2. The summed E-state index contributed by atoms with van der Waals surface area (Å²) in [6, 6.07) is 4.96. The van der Waals surface area contributed by atoms with Gasteiger partial charge in [0.1, 0.15) is 5.75 Å². The number of thiophene rings is 1. The van der Waals surface area contributed by atoms with E-state index >= 15 is 0 Å². The van der Waals surface area contributed by atoms with Crippen LogP contribution in [0.1, 0.15) is 10.4 Å². The van der Waals surface area contributed by atoms with Crippen LogP contribution in [0.4, 0.5) is 0 Å². The topological polar surface area (TPSA) is 37.3 Å². The number of benzene rings is 1. The average molecular weight is 210 g/mol. The van der Waals surface area contributed by atoms with Crippen LogP contribution in [-0.4, -0.2) is 11.4 Å². The molecule has 0 atom stereocenters. The second-order valence-electron chi connectivity index (χ2n) is 2.62. The first-order valence-corrected chi connectivity index (χ1v) is 4.88. The standard InChI is InChI=1S/C9H6O2S2/c10-4-7-6-3-5(11)1-2-8(6)13-9(7)12/h1-4,11-12H. The predicted octanol–water partition coefficient (Wildman–Crippen LogP) is 2.71. The van der Waals surface area contributed by atoms with Gasteiger partial charge in [0.15, 0.2) is 6.29 Å². The highest BCUT2D eigenvalue weighted by molar-refractivity contribution is 7.83. The molecule has 66 valence electrons. The highest BCUT2D eigenvalue weighted by Crippen LogP contribution is 2.34. The number of phenolic OH excluding ortho intramolecular Hbond substituents is 1. The Balaban J connectivity index is 2.88. The minimum absolute atomic E-state index is 0.168. The van der Waals surface area contributed by atoms with Crippen LogP contribution in [0.2, 0.25) is 0 Å². The minimum atomic E-state index is 0.168. The van der Waals surface area contributed by atoms with Gasteiger partial charge in [0.05, 0.1) is 4.21 Å². The van der Waals surface area contributed by atoms with Crippen molar-refractivity contribution in [3.63, 3.8) is 0 Å². The van der Waals surface area contributed by atoms with Crippen LogP contribution in [0.5, 0.6) is 5.75 Å². The summed E-state index contributed by atoms with van der Waals surface area (Å²) in [5.41, 5.74) is 0.555. The minimum Gasteiger partial charge on any atom is -0.508 e. The quantitative estimate of drug-likeness (QED) is 0.561. The molecule has 1 N–H and O–H groups in total. The number of aldehydes is 1. The van der Waals surface area contributed by atoms with Crippen molar-refractivity contribution in [1.29, 1.82) is 0 Å². The molecule has 0 aliphatic heterocycles. The maximum absolute atomic E-state index is 10.7. The van der Waals surface area contributed by atoms with Gasteiger partial charge in [-0.1, -0.05) is 0 Å². The number of phenols is 1. The van der Waals surface area contributed by atoms with E-state index in [-0.39, 0.29) is 5.75 Å². The van der Waals surface area contributed by atoms with Crippen LogP contribution in [0.3, 0.4) is 0 Å². The summed E-state index contributed by atoms with van der Waals surface area (Å²) < 4.78 is 1.65. The van der Waals surface area contributed by atoms with Crippen molar-refractivity contribution >= 4 is 40.3 Å². The monoisotopic (exact) mass is 210 g/mol. The Hall–Kier alpha value is -1.00. The van der Waals surface area contributed by atoms with Gasteiger partial charge in [-0.3, -0.25) is 4.79 Å². The van der Waals surface area contributed by atoms with E-state index in [1.807, 2.05) is 0 Å². The Kier molecular flexibility index (Phi) is 2.01. The predicted molar refractivity (Wildman–Crippen MR) is 56.1 cm³/mol. The van der Waals surface area contributed by atoms with Crippen LogP contribution in [-0.2, 0) is 0 Å². The van der Waals surface area contributed by atoms with E-state index < -0.39 is 0 Å². The van der Waals surface area contributed by atoms with Gasteiger partial charge in [-0.25, -0.2) is 0 Å². The number of hydrogen-bond donors (Lipinski definition) is 2. The van der Waals surface area contributed by atoms with Gasteiger partial charge >= 0.3 is 0 Å². The molecule has 0 bridgehead atoms. The van der Waals surface area contributed by atoms with E-state index in [1.165, 1.54) is 11.3 Å². The van der Waals surface area contributed by atoms with Crippen LogP contribution in [0, 0.1) is 0 Å². The maximum atomic E-state index is 10.7. The first kappa shape index (κ1) is 8.59. The van der Waals surface area contributed by atoms with Gasteiger partial charge in [-0.15, -0.1) is 24.0 Å². The number of aromatic hydroxyl groups is 1. The molecule has 0 unspecified atom stereocenters. The summed E-state index contributed by atoms with van der Waals surface area (Å²) in [5, 5.41) is 9.99. The van der Waals surface area contributed by atoms with Crippen LogP contribution >= 0.6 is 24.0 Å². The van der Waals surface area contributed by atoms with Gasteiger partial charge < -0.3 is 5.11 Å². The zero-order chi connectivity index (χ0) is 9.42. The highest BCUT2D eigenvalue weighted by atomic mass is 32.2. The zero-order valence-electron chi connectivity index (χ0n) is 6.52. The molecule has 0 saturated heterocycles. The third-order valence-corrected chi connectivity index (χ3v) is 3.31. The van der Waals surface area contributed by atoms with E-state index in [0.717, 1.165) is 16.4 Å². The fraction of sp³-hybridized carbons (Fsp3) is 0. The number of carbonyl (C=O) groups excluding carboxylic acids is 1. The molecule has 0 aliphatic rings. The first-order valence-electron chi connectivity index (χ1n) is 3.62. The fourth-order valence-corrected chi connectivity index (χ4v) is 2.57. The van der Waals surface area contributed by atoms with E-state index in [9.17, 15) is 9.90 Å². The molecule has 13 heavy (non-hydrogen) atoms. The van der Waals surface area contributed by atoms with E-state index in [2.05, 4.69) is 12.6 Å². The summed E-state index contributed by atoms with van der Waals surface area (Å²) in [6.45, 7) is 0. The Morgan fingerprint density at radius 1 is 1.46 bits per heavy atom. The highest BCUT2D eigenvalue weighted by Gasteiger charge is 2.08. The molecular weight excluding hydrogens is 204 g/mol. The molecule has 0 fully saturated rings. The van der Waals surface area contributed by atoms with Crippen LogP contribution in [0.15, 0.2) is 22.4 Å². The van der Waals surface area contributed by atoms with Crippen LogP contribution < -0.4 is 0 Å². The lowest BCUT2D eigenvalue weighted by atomic mass is 10.2. The summed E-state index contributed by atoms with van der Waals surface area (Å²) in [6.07, 6.45) is 0.764. The molecule has 1 aromatic carbocycles. The molecule has 2 aromatic rings.